The molecule has 0 aromatic heterocycles. The van der Waals surface area contributed by atoms with Gasteiger partial charge < -0.3 is 5.73 Å². The third-order valence-corrected chi connectivity index (χ3v) is 6.16. The van der Waals surface area contributed by atoms with Crippen molar-refractivity contribution >= 4 is 0 Å². The Labute approximate surface area is 166 Å². The Morgan fingerprint density at radius 2 is 1.12 bits per heavy atom. The fourth-order valence-corrected chi connectivity index (χ4v) is 4.26. The van der Waals surface area contributed by atoms with Crippen LogP contribution in [0.4, 0.5) is 0 Å². The van der Waals surface area contributed by atoms with Crippen LogP contribution in [0.1, 0.15) is 136 Å². The van der Waals surface area contributed by atoms with Crippen molar-refractivity contribution in [2.75, 3.05) is 0 Å². The summed E-state index contributed by atoms with van der Waals surface area (Å²) >= 11 is 0. The van der Waals surface area contributed by atoms with E-state index >= 15 is 0 Å². The summed E-state index contributed by atoms with van der Waals surface area (Å²) in [5, 5.41) is 0. The number of nitrogens with two attached hydrogens (primary N) is 1. The SMILES string of the molecule is C=CCC(CCCCCCCCCCCC)C(N)(CCCC)CCCC. The Balaban J connectivity index is 4.12. The van der Waals surface area contributed by atoms with Gasteiger partial charge in [0.15, 0.2) is 0 Å². The van der Waals surface area contributed by atoms with Gasteiger partial charge in [0.25, 0.3) is 0 Å². The van der Waals surface area contributed by atoms with Gasteiger partial charge in [-0.3, -0.25) is 0 Å². The minimum Gasteiger partial charge on any atom is -0.325 e. The lowest BCUT2D eigenvalue weighted by Gasteiger charge is -2.38. The monoisotopic (exact) mass is 365 g/mol. The van der Waals surface area contributed by atoms with Crippen LogP contribution in [0.15, 0.2) is 12.7 Å². The van der Waals surface area contributed by atoms with E-state index in [1.165, 1.54) is 109 Å². The molecule has 0 aliphatic carbocycles. The van der Waals surface area contributed by atoms with Crippen molar-refractivity contribution < 1.29 is 0 Å². The van der Waals surface area contributed by atoms with Crippen LogP contribution in [-0.4, -0.2) is 5.54 Å². The summed E-state index contributed by atoms with van der Waals surface area (Å²) in [4.78, 5) is 0. The van der Waals surface area contributed by atoms with E-state index < -0.39 is 0 Å². The van der Waals surface area contributed by atoms with Crippen molar-refractivity contribution in [1.82, 2.24) is 0 Å². The molecule has 156 valence electrons. The van der Waals surface area contributed by atoms with Gasteiger partial charge >= 0.3 is 0 Å². The van der Waals surface area contributed by atoms with E-state index in [1.54, 1.807) is 0 Å². The van der Waals surface area contributed by atoms with Crippen molar-refractivity contribution in [3.8, 4) is 0 Å². The quantitative estimate of drug-likeness (QED) is 0.170. The van der Waals surface area contributed by atoms with Crippen LogP contribution in [0.25, 0.3) is 0 Å². The van der Waals surface area contributed by atoms with Crippen LogP contribution in [-0.2, 0) is 0 Å². The second kappa shape index (κ2) is 18.1. The van der Waals surface area contributed by atoms with Gasteiger partial charge in [0.1, 0.15) is 0 Å². The number of rotatable bonds is 20. The minimum absolute atomic E-state index is 0.0412. The van der Waals surface area contributed by atoms with Crippen LogP contribution in [0.5, 0.6) is 0 Å². The van der Waals surface area contributed by atoms with E-state index in [0.717, 1.165) is 6.42 Å². The van der Waals surface area contributed by atoms with Crippen molar-refractivity contribution in [3.63, 3.8) is 0 Å². The van der Waals surface area contributed by atoms with Gasteiger partial charge in [0.2, 0.25) is 0 Å². The number of unbranched alkanes of at least 4 members (excludes halogenated alkanes) is 11. The van der Waals surface area contributed by atoms with E-state index in [4.69, 9.17) is 5.73 Å². The highest BCUT2D eigenvalue weighted by Crippen LogP contribution is 2.33. The zero-order valence-corrected chi connectivity index (χ0v) is 18.7. The minimum atomic E-state index is 0.0412. The van der Waals surface area contributed by atoms with Gasteiger partial charge in [-0.2, -0.15) is 0 Å². The lowest BCUT2D eigenvalue weighted by atomic mass is 9.73. The molecule has 1 unspecified atom stereocenters. The van der Waals surface area contributed by atoms with E-state index in [-0.39, 0.29) is 5.54 Å². The van der Waals surface area contributed by atoms with Gasteiger partial charge in [-0.1, -0.05) is 117 Å². The first-order valence-electron chi connectivity index (χ1n) is 12.0. The van der Waals surface area contributed by atoms with Crippen molar-refractivity contribution in [1.29, 1.82) is 0 Å². The van der Waals surface area contributed by atoms with Gasteiger partial charge in [0.05, 0.1) is 0 Å². The van der Waals surface area contributed by atoms with Crippen LogP contribution >= 0.6 is 0 Å². The molecule has 1 nitrogen and oxygen atoms in total. The summed E-state index contributed by atoms with van der Waals surface area (Å²) in [6.45, 7) is 10.9. The average Bonchev–Trinajstić information content (AvgIpc) is 2.65. The summed E-state index contributed by atoms with van der Waals surface area (Å²) in [7, 11) is 0. The second-order valence-corrected chi connectivity index (χ2v) is 8.63. The van der Waals surface area contributed by atoms with Gasteiger partial charge in [-0.05, 0) is 31.6 Å². The summed E-state index contributed by atoms with van der Waals surface area (Å²) in [5.41, 5.74) is 7.01. The first-order valence-corrected chi connectivity index (χ1v) is 12.0. The molecule has 1 atom stereocenters. The second-order valence-electron chi connectivity index (χ2n) is 8.63. The molecule has 0 radical (unpaired) electrons. The third kappa shape index (κ3) is 13.0. The van der Waals surface area contributed by atoms with Crippen LogP contribution in [0.2, 0.25) is 0 Å². The van der Waals surface area contributed by atoms with Gasteiger partial charge in [-0.15, -0.1) is 6.58 Å². The van der Waals surface area contributed by atoms with Gasteiger partial charge in [0, 0.05) is 5.54 Å². The maximum absolute atomic E-state index is 6.97. The Morgan fingerprint density at radius 3 is 1.54 bits per heavy atom. The number of hydrogen-bond acceptors (Lipinski definition) is 1. The van der Waals surface area contributed by atoms with Crippen molar-refractivity contribution in [2.24, 2.45) is 11.7 Å². The molecule has 1 heteroatoms. The van der Waals surface area contributed by atoms with E-state index in [9.17, 15) is 0 Å². The zero-order valence-electron chi connectivity index (χ0n) is 18.7. The number of allylic oxidation sites excluding steroid dienone is 1. The normalized spacial score (nSPS) is 13.1. The average molecular weight is 366 g/mol. The summed E-state index contributed by atoms with van der Waals surface area (Å²) in [5.74, 6) is 0.632. The molecule has 0 saturated carbocycles. The molecule has 0 saturated heterocycles. The van der Waals surface area contributed by atoms with Crippen LogP contribution in [0.3, 0.4) is 0 Å². The fourth-order valence-electron chi connectivity index (χ4n) is 4.26. The van der Waals surface area contributed by atoms with Gasteiger partial charge in [-0.25, -0.2) is 0 Å². The molecule has 0 spiro atoms. The molecule has 0 aliphatic rings. The molecule has 2 N–H and O–H groups in total. The molecule has 26 heavy (non-hydrogen) atoms. The number of hydrogen-bond donors (Lipinski definition) is 1. The molecule has 0 bridgehead atoms. The van der Waals surface area contributed by atoms with E-state index in [0.29, 0.717) is 5.92 Å². The van der Waals surface area contributed by atoms with Crippen molar-refractivity contribution in [3.05, 3.63) is 12.7 Å². The molecule has 0 heterocycles. The molecule has 0 amide bonds. The largest absolute Gasteiger partial charge is 0.325 e. The third-order valence-electron chi connectivity index (χ3n) is 6.16. The highest BCUT2D eigenvalue weighted by molar-refractivity contribution is 4.94. The molecule has 0 fully saturated rings. The summed E-state index contributed by atoms with van der Waals surface area (Å²) in [6.07, 6.45) is 26.1. The summed E-state index contributed by atoms with van der Waals surface area (Å²) < 4.78 is 0. The lowest BCUT2D eigenvalue weighted by Crippen LogP contribution is -2.47. The molecular formula is C25H51N. The topological polar surface area (TPSA) is 26.0 Å². The summed E-state index contributed by atoms with van der Waals surface area (Å²) in [6, 6.07) is 0. The Bertz CT molecular complexity index is 289. The Hall–Kier alpha value is -0.300. The lowest BCUT2D eigenvalue weighted by molar-refractivity contribution is 0.208. The predicted molar refractivity (Wildman–Crippen MR) is 121 cm³/mol. The maximum Gasteiger partial charge on any atom is 0.0185 e. The Kier molecular flexibility index (Phi) is 17.9. The first kappa shape index (κ1) is 25.7. The first-order chi connectivity index (χ1) is 12.6. The fraction of sp³-hybridized carbons (Fsp3) is 0.920. The smallest absolute Gasteiger partial charge is 0.0185 e. The predicted octanol–water partition coefficient (Wildman–Crippen LogP) is 8.57. The van der Waals surface area contributed by atoms with Crippen LogP contribution < -0.4 is 5.73 Å². The molecule has 0 aromatic rings. The molecular weight excluding hydrogens is 314 g/mol. The molecule has 0 rings (SSSR count). The standard InChI is InChI=1S/C25H51N/c1-5-9-12-13-14-15-16-17-18-19-21-24(20-8-4)25(26,22-10-6-2)23-11-7-3/h8,24H,4-7,9-23,26H2,1-3H3. The molecule has 0 aliphatic heterocycles. The van der Waals surface area contributed by atoms with E-state index in [1.807, 2.05) is 0 Å². The zero-order chi connectivity index (χ0) is 19.5. The van der Waals surface area contributed by atoms with E-state index in [2.05, 4.69) is 33.4 Å². The van der Waals surface area contributed by atoms with Crippen molar-refractivity contribution in [2.45, 2.75) is 142 Å². The highest BCUT2D eigenvalue weighted by atomic mass is 14.8. The van der Waals surface area contributed by atoms with Crippen LogP contribution in [0, 0.1) is 5.92 Å². The highest BCUT2D eigenvalue weighted by Gasteiger charge is 2.32. The molecule has 0 aromatic carbocycles. The maximum atomic E-state index is 6.97. The Morgan fingerprint density at radius 1 is 0.692 bits per heavy atom.